The molecule has 1 N–H and O–H groups in total. The zero-order valence-electron chi connectivity index (χ0n) is 13.5. The van der Waals surface area contributed by atoms with Gasteiger partial charge in [-0.3, -0.25) is 4.79 Å². The lowest BCUT2D eigenvalue weighted by molar-refractivity contribution is -0.131. The van der Waals surface area contributed by atoms with E-state index in [0.29, 0.717) is 18.4 Å². The van der Waals surface area contributed by atoms with Crippen LogP contribution in [0.4, 0.5) is 0 Å². The van der Waals surface area contributed by atoms with Gasteiger partial charge in [0.05, 0.1) is 0 Å². The van der Waals surface area contributed by atoms with Crippen molar-refractivity contribution in [3.8, 4) is 0 Å². The summed E-state index contributed by atoms with van der Waals surface area (Å²) in [7, 11) is 0. The van der Waals surface area contributed by atoms with Crippen LogP contribution in [-0.4, -0.2) is 36.5 Å². The lowest BCUT2D eigenvalue weighted by atomic mass is 10.2. The molecule has 0 heterocycles. The predicted octanol–water partition coefficient (Wildman–Crippen LogP) is 3.58. The van der Waals surface area contributed by atoms with Gasteiger partial charge in [0.15, 0.2) is 0 Å². The zero-order valence-corrected chi connectivity index (χ0v) is 13.5. The number of unbranched alkanes of at least 4 members (excludes halogenated alkanes) is 3. The van der Waals surface area contributed by atoms with E-state index < -0.39 is 0 Å². The Hall–Kier alpha value is -0.570. The molecule has 0 atom stereocenters. The fourth-order valence-electron chi connectivity index (χ4n) is 2.08. The summed E-state index contributed by atoms with van der Waals surface area (Å²) in [5, 5.41) is 3.43. The summed E-state index contributed by atoms with van der Waals surface area (Å²) in [6.07, 6.45) is 7.51. The van der Waals surface area contributed by atoms with E-state index in [2.05, 4.69) is 37.9 Å². The van der Waals surface area contributed by atoms with Crippen molar-refractivity contribution in [2.24, 2.45) is 0 Å². The summed E-state index contributed by atoms with van der Waals surface area (Å²) in [5.41, 5.74) is 0. The smallest absolute Gasteiger partial charge is 0.222 e. The molecule has 0 radical (unpaired) electrons. The Morgan fingerprint density at radius 2 is 1.68 bits per heavy atom. The van der Waals surface area contributed by atoms with Gasteiger partial charge in [-0.2, -0.15) is 0 Å². The third-order valence-corrected chi connectivity index (χ3v) is 3.26. The van der Waals surface area contributed by atoms with Crippen LogP contribution in [0.1, 0.15) is 72.6 Å². The van der Waals surface area contributed by atoms with Crippen molar-refractivity contribution in [1.82, 2.24) is 10.2 Å². The number of rotatable bonds is 12. The number of carbonyl (C=O) groups excluding carboxylic acids is 1. The number of amides is 1. The van der Waals surface area contributed by atoms with E-state index >= 15 is 0 Å². The average molecular weight is 270 g/mol. The lowest BCUT2D eigenvalue weighted by Gasteiger charge is -2.22. The molecule has 3 heteroatoms. The van der Waals surface area contributed by atoms with Crippen molar-refractivity contribution in [3.05, 3.63) is 0 Å². The normalized spacial score (nSPS) is 11.0. The van der Waals surface area contributed by atoms with Gasteiger partial charge in [0.25, 0.3) is 0 Å². The highest BCUT2D eigenvalue weighted by molar-refractivity contribution is 5.76. The molecule has 0 aliphatic heterocycles. The molecule has 0 bridgehead atoms. The topological polar surface area (TPSA) is 32.3 Å². The summed E-state index contributed by atoms with van der Waals surface area (Å²) < 4.78 is 0. The molecule has 0 saturated heterocycles. The Balaban J connectivity index is 3.76. The Labute approximate surface area is 120 Å². The predicted molar refractivity (Wildman–Crippen MR) is 83.4 cm³/mol. The maximum Gasteiger partial charge on any atom is 0.222 e. The van der Waals surface area contributed by atoms with Gasteiger partial charge in [-0.15, -0.1) is 0 Å². The molecule has 0 rings (SSSR count). The first-order chi connectivity index (χ1) is 9.11. The molecule has 0 aromatic carbocycles. The second kappa shape index (κ2) is 12.5. The molecule has 0 aliphatic rings. The van der Waals surface area contributed by atoms with E-state index in [4.69, 9.17) is 0 Å². The monoisotopic (exact) mass is 270 g/mol. The second-order valence-electron chi connectivity index (χ2n) is 5.65. The Morgan fingerprint density at radius 3 is 2.26 bits per heavy atom. The first-order valence-corrected chi connectivity index (χ1v) is 8.12. The van der Waals surface area contributed by atoms with E-state index in [1.54, 1.807) is 0 Å². The first-order valence-electron chi connectivity index (χ1n) is 8.12. The van der Waals surface area contributed by atoms with Gasteiger partial charge in [0.1, 0.15) is 0 Å². The van der Waals surface area contributed by atoms with Gasteiger partial charge in [-0.1, -0.05) is 40.5 Å². The van der Waals surface area contributed by atoms with Gasteiger partial charge < -0.3 is 10.2 Å². The zero-order chi connectivity index (χ0) is 14.5. The minimum absolute atomic E-state index is 0.344. The maximum absolute atomic E-state index is 12.0. The van der Waals surface area contributed by atoms with Gasteiger partial charge in [0.2, 0.25) is 5.91 Å². The Morgan fingerprint density at radius 1 is 1.00 bits per heavy atom. The van der Waals surface area contributed by atoms with Crippen LogP contribution in [0.25, 0.3) is 0 Å². The van der Waals surface area contributed by atoms with Crippen molar-refractivity contribution < 1.29 is 4.79 Å². The molecule has 0 aromatic heterocycles. The standard InChI is InChI=1S/C16H34N2O/c1-5-7-13-18(16(19)11-6-2)14-10-8-9-12-17-15(3)4/h15,17H,5-14H2,1-4H3. The highest BCUT2D eigenvalue weighted by atomic mass is 16.2. The van der Waals surface area contributed by atoms with Crippen LogP contribution >= 0.6 is 0 Å². The second-order valence-corrected chi connectivity index (χ2v) is 5.65. The fourth-order valence-corrected chi connectivity index (χ4v) is 2.08. The van der Waals surface area contributed by atoms with E-state index in [9.17, 15) is 4.79 Å². The van der Waals surface area contributed by atoms with Crippen LogP contribution in [0.15, 0.2) is 0 Å². The molecule has 0 aromatic rings. The minimum Gasteiger partial charge on any atom is -0.343 e. The van der Waals surface area contributed by atoms with Gasteiger partial charge >= 0.3 is 0 Å². The van der Waals surface area contributed by atoms with Crippen LogP contribution in [0.3, 0.4) is 0 Å². The van der Waals surface area contributed by atoms with Crippen LogP contribution in [0.5, 0.6) is 0 Å². The van der Waals surface area contributed by atoms with Crippen molar-refractivity contribution in [2.75, 3.05) is 19.6 Å². The molecule has 0 spiro atoms. The summed E-state index contributed by atoms with van der Waals surface area (Å²) in [6.45, 7) is 11.6. The highest BCUT2D eigenvalue weighted by Gasteiger charge is 2.11. The van der Waals surface area contributed by atoms with E-state index in [1.807, 2.05) is 0 Å². The number of nitrogens with one attached hydrogen (secondary N) is 1. The summed E-state index contributed by atoms with van der Waals surface area (Å²) in [5.74, 6) is 0.344. The number of carbonyl (C=O) groups is 1. The highest BCUT2D eigenvalue weighted by Crippen LogP contribution is 2.05. The molecule has 19 heavy (non-hydrogen) atoms. The average Bonchev–Trinajstić information content (AvgIpc) is 2.36. The van der Waals surface area contributed by atoms with Crippen molar-refractivity contribution in [1.29, 1.82) is 0 Å². The maximum atomic E-state index is 12.0. The minimum atomic E-state index is 0.344. The Bertz CT molecular complexity index is 217. The lowest BCUT2D eigenvalue weighted by Crippen LogP contribution is -2.32. The van der Waals surface area contributed by atoms with Gasteiger partial charge in [-0.25, -0.2) is 0 Å². The molecule has 1 amide bonds. The third kappa shape index (κ3) is 11.0. The Kier molecular flexibility index (Phi) is 12.1. The molecule has 0 aliphatic carbocycles. The SMILES string of the molecule is CCCCN(CCCCCNC(C)C)C(=O)CCC. The molecular formula is C16H34N2O. The molecule has 0 unspecified atom stereocenters. The first kappa shape index (κ1) is 18.4. The van der Waals surface area contributed by atoms with Gasteiger partial charge in [0, 0.05) is 25.6 Å². The van der Waals surface area contributed by atoms with Crippen LogP contribution in [0.2, 0.25) is 0 Å². The van der Waals surface area contributed by atoms with E-state index in [0.717, 1.165) is 45.3 Å². The van der Waals surface area contributed by atoms with E-state index in [1.165, 1.54) is 12.8 Å². The number of hydrogen-bond donors (Lipinski definition) is 1. The van der Waals surface area contributed by atoms with Crippen molar-refractivity contribution >= 4 is 5.91 Å². The summed E-state index contributed by atoms with van der Waals surface area (Å²) in [6, 6.07) is 0.576. The molecule has 0 saturated carbocycles. The van der Waals surface area contributed by atoms with E-state index in [-0.39, 0.29) is 0 Å². The van der Waals surface area contributed by atoms with Crippen molar-refractivity contribution in [3.63, 3.8) is 0 Å². The van der Waals surface area contributed by atoms with Crippen molar-refractivity contribution in [2.45, 2.75) is 78.7 Å². The molecular weight excluding hydrogens is 236 g/mol. The quantitative estimate of drug-likeness (QED) is 0.550. The number of hydrogen-bond acceptors (Lipinski definition) is 2. The summed E-state index contributed by atoms with van der Waals surface area (Å²) >= 11 is 0. The third-order valence-electron chi connectivity index (χ3n) is 3.26. The van der Waals surface area contributed by atoms with Crippen LogP contribution < -0.4 is 5.32 Å². The molecule has 0 fully saturated rings. The molecule has 3 nitrogen and oxygen atoms in total. The molecule has 114 valence electrons. The summed E-state index contributed by atoms with van der Waals surface area (Å²) in [4.78, 5) is 14.0. The largest absolute Gasteiger partial charge is 0.343 e. The number of nitrogens with zero attached hydrogens (tertiary/aromatic N) is 1. The van der Waals surface area contributed by atoms with Crippen LogP contribution in [0, 0.1) is 0 Å². The van der Waals surface area contributed by atoms with Crippen LogP contribution in [-0.2, 0) is 4.79 Å². The van der Waals surface area contributed by atoms with Gasteiger partial charge in [-0.05, 0) is 32.2 Å². The fraction of sp³-hybridized carbons (Fsp3) is 0.938.